The van der Waals surface area contributed by atoms with Crippen LogP contribution in [0.5, 0.6) is 0 Å². The third-order valence-electron chi connectivity index (χ3n) is 5.38. The van der Waals surface area contributed by atoms with Crippen molar-refractivity contribution < 1.29 is 18.0 Å². The minimum Gasteiger partial charge on any atom is -0.352 e. The van der Waals surface area contributed by atoms with Crippen molar-refractivity contribution in [2.75, 3.05) is 17.1 Å². The van der Waals surface area contributed by atoms with E-state index in [4.69, 9.17) is 11.6 Å². The number of carbonyl (C=O) groups excluding carboxylic acids is 2. The molecule has 0 aliphatic heterocycles. The number of carbonyl (C=O) groups is 2. The van der Waals surface area contributed by atoms with Gasteiger partial charge in [-0.2, -0.15) is 0 Å². The van der Waals surface area contributed by atoms with Gasteiger partial charge in [0.15, 0.2) is 0 Å². The van der Waals surface area contributed by atoms with Gasteiger partial charge in [-0.25, -0.2) is 8.42 Å². The fourth-order valence-corrected chi connectivity index (χ4v) is 4.54. The molecule has 0 aliphatic carbocycles. The molecule has 0 spiro atoms. The van der Waals surface area contributed by atoms with Crippen molar-refractivity contribution in [3.05, 3.63) is 65.2 Å². The average Bonchev–Trinajstić information content (AvgIpc) is 2.77. The molecule has 0 saturated heterocycles. The van der Waals surface area contributed by atoms with E-state index >= 15 is 0 Å². The highest BCUT2D eigenvalue weighted by Gasteiger charge is 2.32. The Balaban J connectivity index is 2.42. The normalized spacial score (nSPS) is 13.1. The van der Waals surface area contributed by atoms with Crippen molar-refractivity contribution in [3.63, 3.8) is 0 Å². The monoisotopic (exact) mass is 493 g/mol. The first kappa shape index (κ1) is 26.7. The van der Waals surface area contributed by atoms with Gasteiger partial charge in [0.2, 0.25) is 21.8 Å². The van der Waals surface area contributed by atoms with Crippen LogP contribution in [0.15, 0.2) is 54.6 Å². The molecular weight excluding hydrogens is 462 g/mol. The molecular formula is C24H32ClN3O4S. The fraction of sp³-hybridized carbons (Fsp3) is 0.417. The summed E-state index contributed by atoms with van der Waals surface area (Å²) in [7, 11) is -3.82. The van der Waals surface area contributed by atoms with Gasteiger partial charge in [0.25, 0.3) is 0 Å². The molecule has 0 saturated carbocycles. The van der Waals surface area contributed by atoms with Gasteiger partial charge >= 0.3 is 0 Å². The number of para-hydroxylation sites is 1. The Morgan fingerprint density at radius 3 is 2.15 bits per heavy atom. The van der Waals surface area contributed by atoms with Crippen LogP contribution in [0.4, 0.5) is 5.69 Å². The lowest BCUT2D eigenvalue weighted by Crippen LogP contribution is -2.53. The Bertz CT molecular complexity index is 1050. The van der Waals surface area contributed by atoms with Crippen molar-refractivity contribution in [1.82, 2.24) is 10.2 Å². The smallest absolute Gasteiger partial charge is 0.244 e. The van der Waals surface area contributed by atoms with Crippen LogP contribution >= 0.6 is 11.6 Å². The molecule has 2 amide bonds. The minimum absolute atomic E-state index is 0.0455. The summed E-state index contributed by atoms with van der Waals surface area (Å²) in [4.78, 5) is 28.0. The molecule has 0 radical (unpaired) electrons. The summed E-state index contributed by atoms with van der Waals surface area (Å²) in [5.41, 5.74) is 1.05. The number of benzene rings is 2. The second kappa shape index (κ2) is 12.0. The summed E-state index contributed by atoms with van der Waals surface area (Å²) in [5, 5.41) is 3.15. The zero-order chi connectivity index (χ0) is 24.6. The van der Waals surface area contributed by atoms with Crippen LogP contribution in [0.1, 0.15) is 39.2 Å². The highest BCUT2D eigenvalue weighted by Crippen LogP contribution is 2.27. The number of nitrogens with zero attached hydrogens (tertiary/aromatic N) is 2. The topological polar surface area (TPSA) is 86.8 Å². The Labute approximate surface area is 201 Å². The molecule has 1 N–H and O–H groups in total. The van der Waals surface area contributed by atoms with E-state index in [9.17, 15) is 18.0 Å². The maximum Gasteiger partial charge on any atom is 0.244 e. The molecule has 2 rings (SSSR count). The number of anilines is 1. The van der Waals surface area contributed by atoms with E-state index in [0.717, 1.165) is 22.5 Å². The van der Waals surface area contributed by atoms with Gasteiger partial charge in [-0.15, -0.1) is 0 Å². The van der Waals surface area contributed by atoms with E-state index in [-0.39, 0.29) is 29.2 Å². The van der Waals surface area contributed by atoms with Crippen molar-refractivity contribution in [3.8, 4) is 0 Å². The molecule has 0 aromatic heterocycles. The summed E-state index contributed by atoms with van der Waals surface area (Å²) in [6, 6.07) is 14.9. The standard InChI is InChI=1S/C24H32ClN3O4S/c1-5-18(3)26-24(30)21(6-2)27(16-19-12-8-7-9-13-19)23(29)17-28(33(4,31)32)22-15-11-10-14-20(22)25/h7-15,18,21H,5-6,16-17H2,1-4H3,(H,26,30). The van der Waals surface area contributed by atoms with E-state index < -0.39 is 28.5 Å². The van der Waals surface area contributed by atoms with Gasteiger partial charge in [-0.1, -0.05) is 67.9 Å². The third kappa shape index (κ3) is 7.47. The lowest BCUT2D eigenvalue weighted by molar-refractivity contribution is -0.140. The summed E-state index contributed by atoms with van der Waals surface area (Å²) in [5.74, 6) is -0.755. The van der Waals surface area contributed by atoms with Gasteiger partial charge in [-0.05, 0) is 37.5 Å². The predicted molar refractivity (Wildman–Crippen MR) is 133 cm³/mol. The van der Waals surface area contributed by atoms with Crippen molar-refractivity contribution in [2.24, 2.45) is 0 Å². The van der Waals surface area contributed by atoms with E-state index in [1.54, 1.807) is 24.3 Å². The van der Waals surface area contributed by atoms with Gasteiger partial charge in [0.1, 0.15) is 12.6 Å². The van der Waals surface area contributed by atoms with Crippen molar-refractivity contribution in [2.45, 2.75) is 52.2 Å². The first-order valence-electron chi connectivity index (χ1n) is 10.9. The highest BCUT2D eigenvalue weighted by molar-refractivity contribution is 7.92. The maximum absolute atomic E-state index is 13.5. The second-order valence-electron chi connectivity index (χ2n) is 7.97. The zero-order valence-corrected chi connectivity index (χ0v) is 21.1. The molecule has 33 heavy (non-hydrogen) atoms. The van der Waals surface area contributed by atoms with E-state index in [1.807, 2.05) is 51.1 Å². The van der Waals surface area contributed by atoms with Crippen LogP contribution < -0.4 is 9.62 Å². The average molecular weight is 494 g/mol. The van der Waals surface area contributed by atoms with E-state index in [0.29, 0.717) is 6.42 Å². The Morgan fingerprint density at radius 2 is 1.61 bits per heavy atom. The van der Waals surface area contributed by atoms with Gasteiger partial charge in [-0.3, -0.25) is 13.9 Å². The first-order chi connectivity index (χ1) is 15.6. The zero-order valence-electron chi connectivity index (χ0n) is 19.5. The molecule has 2 atom stereocenters. The van der Waals surface area contributed by atoms with Crippen LogP contribution in [-0.2, 0) is 26.2 Å². The Morgan fingerprint density at radius 1 is 1.00 bits per heavy atom. The molecule has 180 valence electrons. The fourth-order valence-electron chi connectivity index (χ4n) is 3.39. The summed E-state index contributed by atoms with van der Waals surface area (Å²) >= 11 is 6.24. The highest BCUT2D eigenvalue weighted by atomic mass is 35.5. The quantitative estimate of drug-likeness (QED) is 0.515. The van der Waals surface area contributed by atoms with Gasteiger partial charge < -0.3 is 10.2 Å². The summed E-state index contributed by atoms with van der Waals surface area (Å²) in [6.07, 6.45) is 2.16. The Hall–Kier alpha value is -2.58. The van der Waals surface area contributed by atoms with Crippen LogP contribution in [0.2, 0.25) is 5.02 Å². The van der Waals surface area contributed by atoms with Crippen molar-refractivity contribution >= 4 is 39.1 Å². The lowest BCUT2D eigenvalue weighted by atomic mass is 10.1. The van der Waals surface area contributed by atoms with E-state index in [1.165, 1.54) is 4.90 Å². The Kier molecular flexibility index (Phi) is 9.73. The summed E-state index contributed by atoms with van der Waals surface area (Å²) in [6.45, 7) is 5.40. The second-order valence-corrected chi connectivity index (χ2v) is 10.3. The first-order valence-corrected chi connectivity index (χ1v) is 13.2. The number of amides is 2. The van der Waals surface area contributed by atoms with Gasteiger partial charge in [0, 0.05) is 12.6 Å². The largest absolute Gasteiger partial charge is 0.352 e. The van der Waals surface area contributed by atoms with Crippen LogP contribution in [0, 0.1) is 0 Å². The van der Waals surface area contributed by atoms with Crippen molar-refractivity contribution in [1.29, 1.82) is 0 Å². The van der Waals surface area contributed by atoms with Crippen LogP contribution in [-0.4, -0.2) is 50.0 Å². The van der Waals surface area contributed by atoms with Gasteiger partial charge in [0.05, 0.1) is 17.0 Å². The van der Waals surface area contributed by atoms with E-state index in [2.05, 4.69) is 5.32 Å². The lowest BCUT2D eigenvalue weighted by Gasteiger charge is -2.33. The molecule has 0 bridgehead atoms. The minimum atomic E-state index is -3.82. The SMILES string of the molecule is CCC(C)NC(=O)C(CC)N(Cc1ccccc1)C(=O)CN(c1ccccc1Cl)S(C)(=O)=O. The predicted octanol–water partition coefficient (Wildman–Crippen LogP) is 3.83. The summed E-state index contributed by atoms with van der Waals surface area (Å²) < 4.78 is 26.1. The molecule has 0 fully saturated rings. The third-order valence-corrected chi connectivity index (χ3v) is 6.83. The molecule has 0 aliphatic rings. The van der Waals surface area contributed by atoms with Crippen LogP contribution in [0.3, 0.4) is 0 Å². The number of sulfonamides is 1. The molecule has 9 heteroatoms. The number of halogens is 1. The number of rotatable bonds is 11. The molecule has 2 unspecified atom stereocenters. The molecule has 7 nitrogen and oxygen atoms in total. The number of hydrogen-bond donors (Lipinski definition) is 1. The maximum atomic E-state index is 13.5. The molecule has 2 aromatic rings. The molecule has 0 heterocycles. The van der Waals surface area contributed by atoms with Crippen LogP contribution in [0.25, 0.3) is 0 Å². The number of nitrogens with one attached hydrogen (secondary N) is 1. The number of hydrogen-bond acceptors (Lipinski definition) is 4. The molecule has 2 aromatic carbocycles.